The first kappa shape index (κ1) is 20.0. The quantitative estimate of drug-likeness (QED) is 0.782. The number of rotatable bonds is 6. The minimum atomic E-state index is -3.68. The first-order valence-electron chi connectivity index (χ1n) is 7.82. The second kappa shape index (κ2) is 7.93. The first-order valence-corrected chi connectivity index (χ1v) is 10.2. The van der Waals surface area contributed by atoms with Gasteiger partial charge < -0.3 is 10.0 Å². The highest BCUT2D eigenvalue weighted by molar-refractivity contribution is 7.91. The van der Waals surface area contributed by atoms with E-state index in [0.717, 1.165) is 0 Å². The van der Waals surface area contributed by atoms with Crippen LogP contribution in [0.4, 0.5) is 0 Å². The van der Waals surface area contributed by atoms with Gasteiger partial charge in [-0.3, -0.25) is 4.79 Å². The second-order valence-corrected chi connectivity index (χ2v) is 9.10. The average Bonchev–Trinajstić information content (AvgIpc) is 2.95. The normalized spacial score (nSPS) is 19.0. The molecule has 0 aromatic heterocycles. The smallest absolute Gasteiger partial charge is 0.326 e. The molecule has 0 saturated carbocycles. The van der Waals surface area contributed by atoms with Crippen LogP contribution < -0.4 is 0 Å². The summed E-state index contributed by atoms with van der Waals surface area (Å²) >= 11 is 11.7. The maximum atomic E-state index is 12.5. The van der Waals surface area contributed by atoms with E-state index < -0.39 is 27.8 Å². The van der Waals surface area contributed by atoms with Crippen LogP contribution in [-0.4, -0.2) is 48.6 Å². The highest BCUT2D eigenvalue weighted by atomic mass is 35.5. The fourth-order valence-electron chi connectivity index (χ4n) is 2.99. The minimum Gasteiger partial charge on any atom is -0.480 e. The Hall–Kier alpha value is -1.31. The van der Waals surface area contributed by atoms with Gasteiger partial charge in [0.15, 0.2) is 9.84 Å². The van der Waals surface area contributed by atoms with Crippen molar-refractivity contribution in [1.82, 2.24) is 4.90 Å². The molecule has 9 heteroatoms. The Morgan fingerprint density at radius 3 is 2.64 bits per heavy atom. The Morgan fingerprint density at radius 1 is 1.36 bits per heavy atom. The molecule has 1 aromatic carbocycles. The Morgan fingerprint density at radius 2 is 2.04 bits per heavy atom. The monoisotopic (exact) mass is 407 g/mol. The molecule has 2 rings (SSSR count). The van der Waals surface area contributed by atoms with Crippen molar-refractivity contribution in [2.75, 3.05) is 12.3 Å². The number of hydrogen-bond acceptors (Lipinski definition) is 4. The van der Waals surface area contributed by atoms with Gasteiger partial charge in [-0.25, -0.2) is 13.2 Å². The molecule has 0 radical (unpaired) electrons. The molecule has 0 bridgehead atoms. The molecule has 138 valence electrons. The number of aliphatic carboxylic acids is 1. The van der Waals surface area contributed by atoms with E-state index in [0.29, 0.717) is 24.4 Å². The van der Waals surface area contributed by atoms with Gasteiger partial charge in [0.2, 0.25) is 5.91 Å². The molecular weight excluding hydrogens is 389 g/mol. The molecule has 2 unspecified atom stereocenters. The summed E-state index contributed by atoms with van der Waals surface area (Å²) in [6, 6.07) is 3.32. The van der Waals surface area contributed by atoms with Gasteiger partial charge in [-0.15, -0.1) is 0 Å². The number of sulfone groups is 1. The molecule has 1 aliphatic heterocycles. The number of benzene rings is 1. The number of carbonyl (C=O) groups is 2. The Bertz CT molecular complexity index is 781. The number of hydrogen-bond donors (Lipinski definition) is 1. The molecule has 0 spiro atoms. The van der Waals surface area contributed by atoms with Gasteiger partial charge >= 0.3 is 5.97 Å². The summed E-state index contributed by atoms with van der Waals surface area (Å²) in [5.41, 5.74) is 0. The molecule has 25 heavy (non-hydrogen) atoms. The van der Waals surface area contributed by atoms with Crippen LogP contribution in [0, 0.1) is 5.92 Å². The van der Waals surface area contributed by atoms with Crippen molar-refractivity contribution < 1.29 is 23.1 Å². The predicted octanol–water partition coefficient (Wildman–Crippen LogP) is 2.87. The zero-order valence-corrected chi connectivity index (χ0v) is 15.9. The molecule has 1 aromatic rings. The number of halogens is 2. The molecule has 6 nitrogen and oxygen atoms in total. The van der Waals surface area contributed by atoms with Crippen molar-refractivity contribution in [3.05, 3.63) is 28.2 Å². The lowest BCUT2D eigenvalue weighted by molar-refractivity contribution is -0.148. The third-order valence-electron chi connectivity index (χ3n) is 4.11. The standard InChI is InChI=1S/C16H19Cl2NO5S/c1-10(7-15(20)19-6-2-3-13(19)16(21)22)9-25(23,24)14-5-4-11(17)8-12(14)18/h4-5,8,10,13H,2-3,6-7,9H2,1H3,(H,21,22). The van der Waals surface area contributed by atoms with Crippen molar-refractivity contribution in [3.63, 3.8) is 0 Å². The second-order valence-electron chi connectivity index (χ2n) is 6.25. The Labute approximate surface area is 156 Å². The van der Waals surface area contributed by atoms with Gasteiger partial charge in [0.05, 0.1) is 15.7 Å². The summed E-state index contributed by atoms with van der Waals surface area (Å²) in [6.07, 6.45) is 1.03. The van der Waals surface area contributed by atoms with E-state index in [1.807, 2.05) is 0 Å². The zero-order chi connectivity index (χ0) is 18.8. The Kier molecular flexibility index (Phi) is 6.35. The fraction of sp³-hybridized carbons (Fsp3) is 0.500. The van der Waals surface area contributed by atoms with Gasteiger partial charge in [0.1, 0.15) is 6.04 Å². The SMILES string of the molecule is CC(CC(=O)N1CCCC1C(=O)O)CS(=O)(=O)c1ccc(Cl)cc1Cl. The maximum absolute atomic E-state index is 12.5. The minimum absolute atomic E-state index is 0.0255. The van der Waals surface area contributed by atoms with Crippen LogP contribution >= 0.6 is 23.2 Å². The van der Waals surface area contributed by atoms with E-state index in [-0.39, 0.29) is 28.0 Å². The topological polar surface area (TPSA) is 91.8 Å². The molecule has 1 amide bonds. The van der Waals surface area contributed by atoms with E-state index in [2.05, 4.69) is 0 Å². The predicted molar refractivity (Wildman–Crippen MR) is 94.7 cm³/mol. The van der Waals surface area contributed by atoms with Crippen LogP contribution in [0.2, 0.25) is 10.0 Å². The van der Waals surface area contributed by atoms with Gasteiger partial charge in [-0.2, -0.15) is 0 Å². The van der Waals surface area contributed by atoms with E-state index in [4.69, 9.17) is 28.3 Å². The summed E-state index contributed by atoms with van der Waals surface area (Å²) in [6.45, 7) is 2.03. The molecule has 1 N–H and O–H groups in total. The molecule has 1 aliphatic rings. The number of carboxylic acid groups (broad SMARTS) is 1. The van der Waals surface area contributed by atoms with Gasteiger partial charge in [0, 0.05) is 18.0 Å². The lowest BCUT2D eigenvalue weighted by Gasteiger charge is -2.23. The number of nitrogens with zero attached hydrogens (tertiary/aromatic N) is 1. The first-order chi connectivity index (χ1) is 11.6. The highest BCUT2D eigenvalue weighted by Gasteiger charge is 2.34. The molecule has 1 fully saturated rings. The summed E-state index contributed by atoms with van der Waals surface area (Å²) in [5, 5.41) is 9.51. The van der Waals surface area contributed by atoms with Crippen molar-refractivity contribution in [2.45, 2.75) is 37.1 Å². The van der Waals surface area contributed by atoms with Gasteiger partial charge in [-0.05, 0) is 37.0 Å². The summed E-state index contributed by atoms with van der Waals surface area (Å²) in [5.74, 6) is -2.10. The molecular formula is C16H19Cl2NO5S. The number of carboxylic acids is 1. The van der Waals surface area contributed by atoms with Gasteiger partial charge in [-0.1, -0.05) is 30.1 Å². The van der Waals surface area contributed by atoms with E-state index in [1.54, 1.807) is 6.92 Å². The molecule has 1 heterocycles. The maximum Gasteiger partial charge on any atom is 0.326 e. The summed E-state index contributed by atoms with van der Waals surface area (Å²) in [7, 11) is -3.68. The van der Waals surface area contributed by atoms with Crippen LogP contribution in [0.1, 0.15) is 26.2 Å². The Balaban J connectivity index is 2.05. The third-order valence-corrected chi connectivity index (χ3v) is 6.81. The van der Waals surface area contributed by atoms with Gasteiger partial charge in [0.25, 0.3) is 0 Å². The number of likely N-dealkylation sites (tertiary alicyclic amines) is 1. The highest BCUT2D eigenvalue weighted by Crippen LogP contribution is 2.28. The van der Waals surface area contributed by atoms with Crippen molar-refractivity contribution in [2.24, 2.45) is 5.92 Å². The summed E-state index contributed by atoms with van der Waals surface area (Å²) < 4.78 is 25.0. The van der Waals surface area contributed by atoms with E-state index in [9.17, 15) is 18.0 Å². The molecule has 1 saturated heterocycles. The zero-order valence-electron chi connectivity index (χ0n) is 13.6. The fourth-order valence-corrected chi connectivity index (χ4v) is 5.43. The van der Waals surface area contributed by atoms with E-state index in [1.165, 1.54) is 23.1 Å². The largest absolute Gasteiger partial charge is 0.480 e. The third kappa shape index (κ3) is 4.86. The summed E-state index contributed by atoms with van der Waals surface area (Å²) in [4.78, 5) is 24.8. The number of amides is 1. The van der Waals surface area contributed by atoms with E-state index >= 15 is 0 Å². The van der Waals surface area contributed by atoms with Crippen molar-refractivity contribution in [3.8, 4) is 0 Å². The lowest BCUT2D eigenvalue weighted by Crippen LogP contribution is -2.41. The van der Waals surface area contributed by atoms with Crippen LogP contribution in [0.25, 0.3) is 0 Å². The molecule has 2 atom stereocenters. The number of carbonyl (C=O) groups excluding carboxylic acids is 1. The lowest BCUT2D eigenvalue weighted by atomic mass is 10.1. The van der Waals surface area contributed by atoms with Crippen molar-refractivity contribution >= 4 is 44.9 Å². The van der Waals surface area contributed by atoms with Crippen LogP contribution in [0.15, 0.2) is 23.1 Å². The van der Waals surface area contributed by atoms with Crippen LogP contribution in [0.5, 0.6) is 0 Å². The van der Waals surface area contributed by atoms with Crippen LogP contribution in [0.3, 0.4) is 0 Å². The van der Waals surface area contributed by atoms with Crippen molar-refractivity contribution in [1.29, 1.82) is 0 Å². The van der Waals surface area contributed by atoms with Crippen LogP contribution in [-0.2, 0) is 19.4 Å². The average molecular weight is 408 g/mol. The molecule has 0 aliphatic carbocycles.